The molecule has 3 aliphatic heterocycles. The second kappa shape index (κ2) is 5.34. The van der Waals surface area contributed by atoms with Crippen molar-refractivity contribution in [2.45, 2.75) is 51.1 Å². The Morgan fingerprint density at radius 3 is 2.96 bits per heavy atom. The lowest BCUT2D eigenvalue weighted by Crippen LogP contribution is -2.53. The lowest BCUT2D eigenvalue weighted by atomic mass is 9.63. The average molecular weight is 338 g/mol. The molecular formula is C21H26N2O2. The van der Waals surface area contributed by atoms with Crippen molar-refractivity contribution in [2.75, 3.05) is 20.2 Å². The van der Waals surface area contributed by atoms with Gasteiger partial charge in [0.2, 0.25) is 0 Å². The Kier molecular flexibility index (Phi) is 3.30. The number of para-hydroxylation sites is 1. The van der Waals surface area contributed by atoms with Crippen LogP contribution in [0.3, 0.4) is 0 Å². The summed E-state index contributed by atoms with van der Waals surface area (Å²) < 4.78 is 7.59. The van der Waals surface area contributed by atoms with Crippen LogP contribution in [0.4, 0.5) is 0 Å². The normalized spacial score (nSPS) is 31.0. The number of rotatable bonds is 2. The lowest BCUT2D eigenvalue weighted by Gasteiger charge is -2.56. The van der Waals surface area contributed by atoms with E-state index in [9.17, 15) is 4.79 Å². The average Bonchev–Trinajstić information content (AvgIpc) is 3.01. The van der Waals surface area contributed by atoms with Crippen LogP contribution in [0.2, 0.25) is 0 Å². The molecule has 4 heteroatoms. The molecule has 0 bridgehead atoms. The topological polar surface area (TPSA) is 34.5 Å². The van der Waals surface area contributed by atoms with E-state index in [1.165, 1.54) is 48.7 Å². The number of hydrogen-bond acceptors (Lipinski definition) is 3. The summed E-state index contributed by atoms with van der Waals surface area (Å²) in [5, 5.41) is 1.34. The number of benzene rings is 1. The first kappa shape index (κ1) is 15.4. The quantitative estimate of drug-likeness (QED) is 0.780. The summed E-state index contributed by atoms with van der Waals surface area (Å²) in [4.78, 5) is 15.5. The van der Waals surface area contributed by atoms with Crippen molar-refractivity contribution in [1.29, 1.82) is 0 Å². The fourth-order valence-electron chi connectivity index (χ4n) is 6.02. The molecule has 4 heterocycles. The molecule has 132 valence electrons. The highest BCUT2D eigenvalue weighted by Crippen LogP contribution is 2.59. The Morgan fingerprint density at radius 1 is 1.32 bits per heavy atom. The van der Waals surface area contributed by atoms with E-state index >= 15 is 0 Å². The zero-order valence-corrected chi connectivity index (χ0v) is 15.1. The molecule has 1 saturated heterocycles. The molecule has 3 aliphatic rings. The number of hydrogen-bond donors (Lipinski definition) is 0. The number of nitrogens with zero attached hydrogens (tertiary/aromatic N) is 2. The van der Waals surface area contributed by atoms with Gasteiger partial charge in [-0.05, 0) is 55.7 Å². The molecule has 0 N–H and O–H groups in total. The SMILES string of the molecule is CC[C@]12CCCN3CCc4c(n(c5ccccc45)[C@@H](C(=O)OC)C1)[C@H]32. The fourth-order valence-corrected chi connectivity index (χ4v) is 6.02. The number of piperidine rings is 1. The summed E-state index contributed by atoms with van der Waals surface area (Å²) in [5.74, 6) is -0.0856. The van der Waals surface area contributed by atoms with Gasteiger partial charge in [0, 0.05) is 23.1 Å². The molecule has 2 aromatic rings. The minimum absolute atomic E-state index is 0.0856. The molecule has 0 spiro atoms. The second-order valence-corrected chi connectivity index (χ2v) is 8.00. The summed E-state index contributed by atoms with van der Waals surface area (Å²) in [6.45, 7) is 4.65. The van der Waals surface area contributed by atoms with Crippen LogP contribution < -0.4 is 0 Å². The predicted octanol–water partition coefficient (Wildman–Crippen LogP) is 3.85. The first-order valence-corrected chi connectivity index (χ1v) is 9.64. The van der Waals surface area contributed by atoms with E-state index in [0.29, 0.717) is 6.04 Å². The standard InChI is InChI=1S/C21H26N2O2/c1-3-21-10-6-11-22-12-9-15-14-7-4-5-8-16(14)23(18(15)19(21)22)17(13-21)20(24)25-2/h4-5,7-8,17,19H,3,6,9-13H2,1-2H3/t17-,19+,21+/m1/s1. The Morgan fingerprint density at radius 2 is 2.16 bits per heavy atom. The number of esters is 1. The van der Waals surface area contributed by atoms with Crippen molar-refractivity contribution >= 4 is 16.9 Å². The molecule has 5 rings (SSSR count). The van der Waals surface area contributed by atoms with E-state index < -0.39 is 0 Å². The number of aromatic nitrogens is 1. The van der Waals surface area contributed by atoms with Crippen LogP contribution in [0.25, 0.3) is 10.9 Å². The Bertz CT molecular complexity index is 855. The summed E-state index contributed by atoms with van der Waals surface area (Å²) in [6, 6.07) is 8.90. The molecule has 1 fully saturated rings. The summed E-state index contributed by atoms with van der Waals surface area (Å²) >= 11 is 0. The van der Waals surface area contributed by atoms with Gasteiger partial charge < -0.3 is 9.30 Å². The summed E-state index contributed by atoms with van der Waals surface area (Å²) in [6.07, 6.45) is 5.59. The Balaban J connectivity index is 1.84. The maximum Gasteiger partial charge on any atom is 0.328 e. The van der Waals surface area contributed by atoms with Crippen molar-refractivity contribution in [3.8, 4) is 0 Å². The lowest BCUT2D eigenvalue weighted by molar-refractivity contribution is -0.149. The van der Waals surface area contributed by atoms with E-state index in [4.69, 9.17) is 4.74 Å². The molecule has 0 saturated carbocycles. The number of carbonyl (C=O) groups is 1. The molecule has 0 amide bonds. The van der Waals surface area contributed by atoms with Crippen molar-refractivity contribution in [2.24, 2.45) is 5.41 Å². The van der Waals surface area contributed by atoms with E-state index in [2.05, 4.69) is 40.7 Å². The van der Waals surface area contributed by atoms with Gasteiger partial charge in [0.15, 0.2) is 0 Å². The monoisotopic (exact) mass is 338 g/mol. The van der Waals surface area contributed by atoms with Crippen molar-refractivity contribution in [3.05, 3.63) is 35.5 Å². The first-order valence-electron chi connectivity index (χ1n) is 9.64. The van der Waals surface area contributed by atoms with Gasteiger partial charge >= 0.3 is 5.97 Å². The number of carbonyl (C=O) groups excluding carboxylic acids is 1. The molecule has 1 aromatic carbocycles. The van der Waals surface area contributed by atoms with Crippen molar-refractivity contribution in [3.63, 3.8) is 0 Å². The van der Waals surface area contributed by atoms with Gasteiger partial charge in [0.05, 0.1) is 13.2 Å². The third-order valence-electron chi connectivity index (χ3n) is 7.12. The first-order chi connectivity index (χ1) is 12.2. The van der Waals surface area contributed by atoms with Crippen LogP contribution in [0.1, 0.15) is 55.9 Å². The van der Waals surface area contributed by atoms with Crippen LogP contribution in [0.5, 0.6) is 0 Å². The van der Waals surface area contributed by atoms with E-state index in [-0.39, 0.29) is 17.4 Å². The van der Waals surface area contributed by atoms with Gasteiger partial charge in [-0.25, -0.2) is 4.79 Å². The van der Waals surface area contributed by atoms with Crippen LogP contribution in [0.15, 0.2) is 24.3 Å². The summed E-state index contributed by atoms with van der Waals surface area (Å²) in [7, 11) is 1.53. The second-order valence-electron chi connectivity index (χ2n) is 8.00. The highest BCUT2D eigenvalue weighted by molar-refractivity contribution is 5.89. The van der Waals surface area contributed by atoms with Crippen molar-refractivity contribution in [1.82, 2.24) is 9.47 Å². The minimum atomic E-state index is -0.187. The van der Waals surface area contributed by atoms with E-state index in [1.54, 1.807) is 0 Å². The van der Waals surface area contributed by atoms with Crippen LogP contribution in [-0.4, -0.2) is 35.6 Å². The molecule has 0 aliphatic carbocycles. The maximum absolute atomic E-state index is 12.8. The van der Waals surface area contributed by atoms with E-state index in [1.807, 2.05) is 0 Å². The smallest absolute Gasteiger partial charge is 0.328 e. The van der Waals surface area contributed by atoms with Gasteiger partial charge in [0.25, 0.3) is 0 Å². The molecule has 0 unspecified atom stereocenters. The molecule has 0 radical (unpaired) electrons. The van der Waals surface area contributed by atoms with Crippen LogP contribution in [-0.2, 0) is 16.0 Å². The largest absolute Gasteiger partial charge is 0.467 e. The van der Waals surface area contributed by atoms with Gasteiger partial charge in [-0.15, -0.1) is 0 Å². The molecule has 25 heavy (non-hydrogen) atoms. The van der Waals surface area contributed by atoms with Gasteiger partial charge in [-0.1, -0.05) is 25.1 Å². The van der Waals surface area contributed by atoms with Gasteiger partial charge in [0.1, 0.15) is 6.04 Å². The number of ether oxygens (including phenoxy) is 1. The third kappa shape index (κ3) is 1.89. The highest BCUT2D eigenvalue weighted by Gasteiger charge is 2.54. The zero-order chi connectivity index (χ0) is 17.2. The summed E-state index contributed by atoms with van der Waals surface area (Å²) in [5.41, 5.74) is 4.30. The molecule has 1 aromatic heterocycles. The Hall–Kier alpha value is -1.81. The maximum atomic E-state index is 12.8. The predicted molar refractivity (Wildman–Crippen MR) is 97.6 cm³/mol. The molecule has 3 atom stereocenters. The van der Waals surface area contributed by atoms with Crippen LogP contribution in [0, 0.1) is 5.41 Å². The minimum Gasteiger partial charge on any atom is -0.467 e. The van der Waals surface area contributed by atoms with Gasteiger partial charge in [-0.2, -0.15) is 0 Å². The van der Waals surface area contributed by atoms with Crippen molar-refractivity contribution < 1.29 is 9.53 Å². The fraction of sp³-hybridized carbons (Fsp3) is 0.571. The van der Waals surface area contributed by atoms with Crippen LogP contribution >= 0.6 is 0 Å². The molecule has 4 nitrogen and oxygen atoms in total. The number of methoxy groups -OCH3 is 1. The third-order valence-corrected chi connectivity index (χ3v) is 7.12. The number of fused-ring (bicyclic) bond motifs is 3. The Labute approximate surface area is 148 Å². The zero-order valence-electron chi connectivity index (χ0n) is 15.1. The van der Waals surface area contributed by atoms with E-state index in [0.717, 1.165) is 25.8 Å². The highest BCUT2D eigenvalue weighted by atomic mass is 16.5. The molecular weight excluding hydrogens is 312 g/mol. The van der Waals surface area contributed by atoms with Gasteiger partial charge in [-0.3, -0.25) is 4.90 Å².